The summed E-state index contributed by atoms with van der Waals surface area (Å²) in [7, 11) is -3.75. The van der Waals surface area contributed by atoms with Gasteiger partial charge in [-0.25, -0.2) is 0 Å². The Morgan fingerprint density at radius 3 is 2.50 bits per heavy atom. The molecule has 0 atom stereocenters. The fraction of sp³-hybridized carbons (Fsp3) is 0.273. The highest BCUT2D eigenvalue weighted by atomic mass is 35.5. The van der Waals surface area contributed by atoms with Crippen LogP contribution in [0.25, 0.3) is 4.91 Å². The molecule has 1 amide bonds. The van der Waals surface area contributed by atoms with Crippen LogP contribution in [0, 0.1) is 0 Å². The molecule has 0 saturated carbocycles. The van der Waals surface area contributed by atoms with E-state index in [1.807, 2.05) is 23.1 Å². The summed E-state index contributed by atoms with van der Waals surface area (Å²) in [5, 5.41) is 0.525. The molecule has 0 bridgehead atoms. The van der Waals surface area contributed by atoms with Crippen LogP contribution in [0.2, 0.25) is 5.02 Å². The minimum absolute atomic E-state index is 0.0717. The van der Waals surface area contributed by atoms with Crippen LogP contribution in [0.1, 0.15) is 29.3 Å². The Bertz CT molecular complexity index is 1140. The van der Waals surface area contributed by atoms with E-state index < -0.39 is 10.0 Å². The first-order valence-corrected chi connectivity index (χ1v) is 11.6. The normalized spacial score (nSPS) is 18.9. The third kappa shape index (κ3) is 4.00. The maximum atomic E-state index is 12.9. The molecule has 0 radical (unpaired) electrons. The SMILES string of the molecule is CC1=C(c2ccccc2)S(=O)(=O)N=C1N1CCCN(C(=O)c2cccc(Cl)c2)CC1. The molecule has 6 nitrogen and oxygen atoms in total. The van der Waals surface area contributed by atoms with E-state index in [0.29, 0.717) is 53.7 Å². The molecular formula is C22H22ClN3O3S. The van der Waals surface area contributed by atoms with Crippen LogP contribution < -0.4 is 0 Å². The summed E-state index contributed by atoms with van der Waals surface area (Å²) >= 11 is 6.02. The zero-order chi connectivity index (χ0) is 21.3. The van der Waals surface area contributed by atoms with E-state index in [9.17, 15) is 13.2 Å². The first-order valence-electron chi connectivity index (χ1n) is 9.78. The molecular weight excluding hydrogens is 422 g/mol. The van der Waals surface area contributed by atoms with Gasteiger partial charge < -0.3 is 9.80 Å². The summed E-state index contributed by atoms with van der Waals surface area (Å²) in [4.78, 5) is 16.9. The van der Waals surface area contributed by atoms with Gasteiger partial charge in [0.1, 0.15) is 10.7 Å². The molecule has 1 saturated heterocycles. The average Bonchev–Trinajstić information content (AvgIpc) is 2.88. The summed E-state index contributed by atoms with van der Waals surface area (Å²) in [6.07, 6.45) is 0.722. The summed E-state index contributed by atoms with van der Waals surface area (Å²) in [6, 6.07) is 16.0. The van der Waals surface area contributed by atoms with Crippen molar-refractivity contribution >= 4 is 38.3 Å². The number of hydrogen-bond donors (Lipinski definition) is 0. The van der Waals surface area contributed by atoms with E-state index in [1.165, 1.54) is 0 Å². The summed E-state index contributed by atoms with van der Waals surface area (Å²) in [5.74, 6) is 0.406. The van der Waals surface area contributed by atoms with Crippen molar-refractivity contribution in [3.05, 3.63) is 76.3 Å². The number of rotatable bonds is 2. The average molecular weight is 444 g/mol. The molecule has 0 aromatic heterocycles. The molecule has 4 rings (SSSR count). The van der Waals surface area contributed by atoms with Gasteiger partial charge in [-0.2, -0.15) is 8.42 Å². The van der Waals surface area contributed by atoms with E-state index in [1.54, 1.807) is 48.2 Å². The van der Waals surface area contributed by atoms with E-state index >= 15 is 0 Å². The molecule has 2 heterocycles. The van der Waals surface area contributed by atoms with Crippen molar-refractivity contribution in [2.24, 2.45) is 4.40 Å². The van der Waals surface area contributed by atoms with Gasteiger partial charge in [0.2, 0.25) is 0 Å². The summed E-state index contributed by atoms with van der Waals surface area (Å²) in [6.45, 7) is 4.02. The first kappa shape index (κ1) is 20.6. The van der Waals surface area contributed by atoms with Gasteiger partial charge in [0, 0.05) is 42.3 Å². The van der Waals surface area contributed by atoms with Gasteiger partial charge in [-0.05, 0) is 37.1 Å². The molecule has 1 fully saturated rings. The van der Waals surface area contributed by atoms with Crippen LogP contribution in [-0.4, -0.2) is 56.1 Å². The third-order valence-corrected chi connectivity index (χ3v) is 7.04. The Hall–Kier alpha value is -2.64. The van der Waals surface area contributed by atoms with Gasteiger partial charge in [-0.3, -0.25) is 4.79 Å². The quantitative estimate of drug-likeness (QED) is 0.710. The first-order chi connectivity index (χ1) is 14.4. The fourth-order valence-corrected chi connectivity index (χ4v) is 5.58. The van der Waals surface area contributed by atoms with Crippen LogP contribution in [-0.2, 0) is 10.0 Å². The van der Waals surface area contributed by atoms with Gasteiger partial charge in [-0.15, -0.1) is 4.40 Å². The lowest BCUT2D eigenvalue weighted by molar-refractivity contribution is 0.0764. The number of hydrogen-bond acceptors (Lipinski definition) is 4. The second kappa shape index (κ2) is 8.24. The Morgan fingerprint density at radius 2 is 1.77 bits per heavy atom. The lowest BCUT2D eigenvalue weighted by atomic mass is 10.1. The number of carbonyl (C=O) groups excluding carboxylic acids is 1. The maximum absolute atomic E-state index is 12.9. The van der Waals surface area contributed by atoms with Crippen molar-refractivity contribution in [3.63, 3.8) is 0 Å². The number of nitrogens with zero attached hydrogens (tertiary/aromatic N) is 3. The Balaban J connectivity index is 1.55. The number of amides is 1. The van der Waals surface area contributed by atoms with Crippen molar-refractivity contribution in [3.8, 4) is 0 Å². The molecule has 0 aliphatic carbocycles. The summed E-state index contributed by atoms with van der Waals surface area (Å²) < 4.78 is 29.6. The molecule has 2 aromatic rings. The van der Waals surface area contributed by atoms with E-state index in [2.05, 4.69) is 4.40 Å². The molecule has 0 spiro atoms. The lowest BCUT2D eigenvalue weighted by Gasteiger charge is -2.24. The molecule has 30 heavy (non-hydrogen) atoms. The van der Waals surface area contributed by atoms with Crippen molar-refractivity contribution < 1.29 is 13.2 Å². The molecule has 156 valence electrons. The number of amidine groups is 1. The van der Waals surface area contributed by atoms with Crippen molar-refractivity contribution in [1.82, 2.24) is 9.80 Å². The minimum atomic E-state index is -3.75. The van der Waals surface area contributed by atoms with E-state index in [-0.39, 0.29) is 10.8 Å². The number of halogens is 1. The highest BCUT2D eigenvalue weighted by molar-refractivity contribution is 8.00. The number of sulfonamides is 1. The fourth-order valence-electron chi connectivity index (χ4n) is 3.91. The van der Waals surface area contributed by atoms with Gasteiger partial charge in [-0.1, -0.05) is 48.0 Å². The maximum Gasteiger partial charge on any atom is 0.285 e. The highest BCUT2D eigenvalue weighted by Crippen LogP contribution is 2.33. The topological polar surface area (TPSA) is 70.1 Å². The predicted molar refractivity (Wildman–Crippen MR) is 119 cm³/mol. The monoisotopic (exact) mass is 443 g/mol. The Labute approximate surface area is 181 Å². The third-order valence-electron chi connectivity index (χ3n) is 5.33. The van der Waals surface area contributed by atoms with Crippen LogP contribution >= 0.6 is 11.6 Å². The van der Waals surface area contributed by atoms with Crippen molar-refractivity contribution in [2.45, 2.75) is 13.3 Å². The van der Waals surface area contributed by atoms with Gasteiger partial charge >= 0.3 is 0 Å². The van der Waals surface area contributed by atoms with Crippen molar-refractivity contribution in [2.75, 3.05) is 26.2 Å². The zero-order valence-electron chi connectivity index (χ0n) is 16.6. The molecule has 8 heteroatoms. The van der Waals surface area contributed by atoms with E-state index in [0.717, 1.165) is 6.42 Å². The van der Waals surface area contributed by atoms with E-state index in [4.69, 9.17) is 11.6 Å². The van der Waals surface area contributed by atoms with Crippen LogP contribution in [0.15, 0.2) is 64.6 Å². The van der Waals surface area contributed by atoms with Gasteiger partial charge in [0.05, 0.1) is 0 Å². The molecule has 0 N–H and O–H groups in total. The van der Waals surface area contributed by atoms with Crippen LogP contribution in [0.3, 0.4) is 0 Å². The largest absolute Gasteiger partial charge is 0.354 e. The molecule has 2 aliphatic rings. The molecule has 2 aromatic carbocycles. The lowest BCUT2D eigenvalue weighted by Crippen LogP contribution is -2.37. The number of benzene rings is 2. The number of carbonyl (C=O) groups is 1. The second-order valence-corrected chi connectivity index (χ2v) is 9.33. The van der Waals surface area contributed by atoms with Crippen molar-refractivity contribution in [1.29, 1.82) is 0 Å². The second-order valence-electron chi connectivity index (χ2n) is 7.35. The Morgan fingerprint density at radius 1 is 1.00 bits per heavy atom. The van der Waals surface area contributed by atoms with Crippen LogP contribution in [0.5, 0.6) is 0 Å². The zero-order valence-corrected chi connectivity index (χ0v) is 18.2. The molecule has 0 unspecified atom stereocenters. The van der Waals surface area contributed by atoms with Gasteiger partial charge in [0.15, 0.2) is 0 Å². The summed E-state index contributed by atoms with van der Waals surface area (Å²) in [5.41, 5.74) is 1.84. The smallest absolute Gasteiger partial charge is 0.285 e. The molecule has 2 aliphatic heterocycles. The Kier molecular flexibility index (Phi) is 5.66. The standard InChI is InChI=1S/C22H22ClN3O3S/c1-16-20(17-7-3-2-4-8-17)30(28,29)24-21(16)25-11-6-12-26(14-13-25)22(27)18-9-5-10-19(23)15-18/h2-5,7-10,15H,6,11-14H2,1H3. The predicted octanol–water partition coefficient (Wildman–Crippen LogP) is 3.66. The van der Waals surface area contributed by atoms with Gasteiger partial charge in [0.25, 0.3) is 15.9 Å². The van der Waals surface area contributed by atoms with Crippen LogP contribution in [0.4, 0.5) is 0 Å². The highest BCUT2D eigenvalue weighted by Gasteiger charge is 2.34. The minimum Gasteiger partial charge on any atom is -0.354 e.